The summed E-state index contributed by atoms with van der Waals surface area (Å²) in [6.45, 7) is 23.0. The van der Waals surface area contributed by atoms with Gasteiger partial charge in [0.25, 0.3) is 0 Å². The highest BCUT2D eigenvalue weighted by molar-refractivity contribution is 5.95. The smallest absolute Gasteiger partial charge is 0.220 e. The molecule has 28 heavy (non-hydrogen) atoms. The zero-order chi connectivity index (χ0) is 21.7. The molecule has 1 heterocycles. The predicted octanol–water partition coefficient (Wildman–Crippen LogP) is 6.79. The molecule has 0 unspecified atom stereocenters. The van der Waals surface area contributed by atoms with Crippen molar-refractivity contribution in [3.05, 3.63) is 70.7 Å². The number of nitrogens with zero attached hydrogens (tertiary/aromatic N) is 2. The summed E-state index contributed by atoms with van der Waals surface area (Å²) >= 11 is 0. The topological polar surface area (TPSA) is 8.24 Å². The van der Waals surface area contributed by atoms with Gasteiger partial charge in [-0.25, -0.2) is 9.41 Å². The molecule has 3 rings (SSSR count). The molecule has 1 aromatic heterocycles. The molecule has 0 spiro atoms. The summed E-state index contributed by atoms with van der Waals surface area (Å²) < 4.78 is 10.5. The van der Waals surface area contributed by atoms with Crippen LogP contribution in [0.25, 0.3) is 26.9 Å². The van der Waals surface area contributed by atoms with E-state index in [-0.39, 0.29) is 10.8 Å². The minimum Gasteiger partial charge on any atom is -0.238 e. The fourth-order valence-corrected chi connectivity index (χ4v) is 3.86. The fourth-order valence-electron chi connectivity index (χ4n) is 3.86. The summed E-state index contributed by atoms with van der Waals surface area (Å²) in [5.74, 6) is 0. The van der Waals surface area contributed by atoms with Gasteiger partial charge in [-0.1, -0.05) is 59.7 Å². The van der Waals surface area contributed by atoms with E-state index in [1.165, 1.54) is 22.3 Å². The predicted molar refractivity (Wildman–Crippen MR) is 119 cm³/mol. The number of aromatic nitrogens is 1. The van der Waals surface area contributed by atoms with Crippen LogP contribution in [-0.4, -0.2) is 0 Å². The number of hydrogen-bond acceptors (Lipinski definition) is 0. The van der Waals surface area contributed by atoms with Crippen LogP contribution in [0.2, 0.25) is 0 Å². The molecule has 0 amide bonds. The lowest BCUT2D eigenvalue weighted by Crippen LogP contribution is -2.31. The molecule has 0 aliphatic rings. The number of pyridine rings is 1. The van der Waals surface area contributed by atoms with Gasteiger partial charge in [0.1, 0.15) is 8.42 Å². The van der Waals surface area contributed by atoms with Crippen molar-refractivity contribution in [3.8, 4) is 11.3 Å². The van der Waals surface area contributed by atoms with Gasteiger partial charge in [0.15, 0.2) is 11.9 Å². The second-order valence-electron chi connectivity index (χ2n) is 9.76. The van der Waals surface area contributed by atoms with Gasteiger partial charge in [-0.15, -0.1) is 0 Å². The second kappa shape index (κ2) is 6.74. The minimum absolute atomic E-state index is 0.0182. The first-order valence-electron chi connectivity index (χ1n) is 10.3. The van der Waals surface area contributed by atoms with Gasteiger partial charge in [-0.2, -0.15) is 0 Å². The Morgan fingerprint density at radius 1 is 0.964 bits per heavy atom. The highest BCUT2D eigenvalue weighted by Crippen LogP contribution is 2.38. The molecule has 0 atom stereocenters. The number of fused-ring (bicyclic) bond motifs is 1. The van der Waals surface area contributed by atoms with Crippen LogP contribution in [0, 0.1) is 13.5 Å². The zero-order valence-electron chi connectivity index (χ0n) is 19.4. The van der Waals surface area contributed by atoms with Gasteiger partial charge in [0, 0.05) is 6.07 Å². The summed E-state index contributed by atoms with van der Waals surface area (Å²) in [6, 6.07) is 12.3. The first-order chi connectivity index (χ1) is 13.3. The summed E-state index contributed by atoms with van der Waals surface area (Å²) in [5, 5.41) is 2.01. The van der Waals surface area contributed by atoms with E-state index >= 15 is 0 Å². The summed E-state index contributed by atoms with van der Waals surface area (Å²) in [7, 11) is 1.96. The molecule has 0 bridgehead atoms. The lowest BCUT2D eigenvalue weighted by molar-refractivity contribution is -0.659. The summed E-state index contributed by atoms with van der Waals surface area (Å²) in [4.78, 5) is 3.57. The van der Waals surface area contributed by atoms with Gasteiger partial charge < -0.3 is 0 Å². The third-order valence-corrected chi connectivity index (χ3v) is 5.51. The lowest BCUT2D eigenvalue weighted by atomic mass is 9.76. The Kier molecular flexibility index (Phi) is 4.50. The SMILES string of the molecule is [2H]c1cc2cc([N+]#[C-])ccc2c(-c2cc(C(C)(C)C)cc(C(C)(C)C)c2C)[n+]1C. The number of hydrogen-bond donors (Lipinski definition) is 0. The van der Waals surface area contributed by atoms with Crippen LogP contribution in [0.5, 0.6) is 0 Å². The van der Waals surface area contributed by atoms with E-state index in [9.17, 15) is 0 Å². The van der Waals surface area contributed by atoms with Crippen LogP contribution in [0.4, 0.5) is 5.69 Å². The first kappa shape index (κ1) is 18.7. The average molecular weight is 373 g/mol. The summed E-state index contributed by atoms with van der Waals surface area (Å²) in [5.41, 5.74) is 6.73. The molecule has 0 aliphatic heterocycles. The third kappa shape index (κ3) is 3.54. The van der Waals surface area contributed by atoms with E-state index < -0.39 is 0 Å². The van der Waals surface area contributed by atoms with E-state index in [0.29, 0.717) is 11.9 Å². The Morgan fingerprint density at radius 3 is 2.21 bits per heavy atom. The minimum atomic E-state index is 0.0182. The Balaban J connectivity index is 2.50. The molecule has 2 heteroatoms. The highest BCUT2D eigenvalue weighted by Gasteiger charge is 2.27. The molecule has 144 valence electrons. The van der Waals surface area contributed by atoms with E-state index in [4.69, 9.17) is 7.94 Å². The average Bonchev–Trinajstić information content (AvgIpc) is 2.61. The van der Waals surface area contributed by atoms with Crippen LogP contribution in [0.3, 0.4) is 0 Å². The normalized spacial score (nSPS) is 12.8. The van der Waals surface area contributed by atoms with E-state index in [1.54, 1.807) is 0 Å². The molecular formula is C26H31N2+. The van der Waals surface area contributed by atoms with Gasteiger partial charge >= 0.3 is 0 Å². The van der Waals surface area contributed by atoms with Crippen LogP contribution >= 0.6 is 0 Å². The maximum absolute atomic E-state index is 8.53. The lowest BCUT2D eigenvalue weighted by Gasteiger charge is -2.28. The molecule has 3 aromatic rings. The standard InChI is InChI=1S/C26H31N2/c1-17-22(15-19(25(2,3)4)16-23(17)26(5,6)7)24-21-11-10-20(27-8)14-18(21)12-13-28(24)9/h10-16H,1-7,9H3/q+1/i13D. The maximum atomic E-state index is 8.53. The summed E-state index contributed by atoms with van der Waals surface area (Å²) in [6.07, 6.45) is 0.438. The van der Waals surface area contributed by atoms with Crippen molar-refractivity contribution in [3.63, 3.8) is 0 Å². The molecule has 0 N–H and O–H groups in total. The second-order valence-corrected chi connectivity index (χ2v) is 9.76. The van der Waals surface area contributed by atoms with Gasteiger partial charge in [0.05, 0.1) is 17.5 Å². The number of benzene rings is 2. The monoisotopic (exact) mass is 372 g/mol. The van der Waals surface area contributed by atoms with Crippen molar-refractivity contribution in [1.82, 2.24) is 0 Å². The van der Waals surface area contributed by atoms with E-state index in [0.717, 1.165) is 16.5 Å². The molecule has 0 aliphatic carbocycles. The van der Waals surface area contributed by atoms with Crippen molar-refractivity contribution in [2.24, 2.45) is 7.05 Å². The highest BCUT2D eigenvalue weighted by atomic mass is 14.9. The molecular weight excluding hydrogens is 340 g/mol. The molecule has 2 nitrogen and oxygen atoms in total. The maximum Gasteiger partial charge on any atom is 0.220 e. The van der Waals surface area contributed by atoms with Crippen molar-refractivity contribution in [1.29, 1.82) is 0 Å². The largest absolute Gasteiger partial charge is 0.238 e. The molecule has 0 saturated carbocycles. The van der Waals surface area contributed by atoms with Gasteiger partial charge in [-0.05, 0) is 52.0 Å². The van der Waals surface area contributed by atoms with Crippen molar-refractivity contribution >= 4 is 16.5 Å². The van der Waals surface area contributed by atoms with Crippen molar-refractivity contribution in [2.75, 3.05) is 0 Å². The van der Waals surface area contributed by atoms with Crippen molar-refractivity contribution in [2.45, 2.75) is 59.3 Å². The third-order valence-electron chi connectivity index (χ3n) is 5.51. The zero-order valence-corrected chi connectivity index (χ0v) is 18.4. The van der Waals surface area contributed by atoms with E-state index in [2.05, 4.69) is 65.4 Å². The number of rotatable bonds is 1. The molecule has 2 aromatic carbocycles. The molecule has 0 saturated heterocycles. The Labute approximate surface area is 171 Å². The van der Waals surface area contributed by atoms with Gasteiger partial charge in [0.2, 0.25) is 5.69 Å². The molecule has 0 radical (unpaired) electrons. The van der Waals surface area contributed by atoms with Crippen molar-refractivity contribution < 1.29 is 5.94 Å². The van der Waals surface area contributed by atoms with Crippen LogP contribution in [-0.2, 0) is 17.9 Å². The Hall–Kier alpha value is -2.66. The first-order valence-corrected chi connectivity index (χ1v) is 9.81. The van der Waals surface area contributed by atoms with Gasteiger partial charge in [-0.3, -0.25) is 0 Å². The van der Waals surface area contributed by atoms with Crippen LogP contribution < -0.4 is 4.57 Å². The van der Waals surface area contributed by atoms with E-state index in [1.807, 2.05) is 35.9 Å². The Bertz CT molecular complexity index is 1150. The van der Waals surface area contributed by atoms with Crippen LogP contribution in [0.1, 0.15) is 59.6 Å². The quantitative estimate of drug-likeness (QED) is 0.328. The van der Waals surface area contributed by atoms with Crippen LogP contribution in [0.15, 0.2) is 42.6 Å². The molecule has 0 fully saturated rings. The Morgan fingerprint density at radius 2 is 1.64 bits per heavy atom. The fraction of sp³-hybridized carbons (Fsp3) is 0.385.